The summed E-state index contributed by atoms with van der Waals surface area (Å²) in [5.41, 5.74) is 5.35. The van der Waals surface area contributed by atoms with E-state index in [4.69, 9.17) is 10.5 Å². The fraction of sp³-hybridized carbons (Fsp3) is 0.143. The topological polar surface area (TPSA) is 35.2 Å². The average Bonchev–Trinajstić information content (AvgIpc) is 2.38. The number of nitrogens with two attached hydrogens (primary N) is 1. The van der Waals surface area contributed by atoms with Gasteiger partial charge in [0.05, 0.1) is 12.7 Å². The standard InChI is InChI=1S/C14H12F3NO/c1-19-11-4-2-3-9(7-11)10-5-6-13(18)12(8-10)14(15,16)17/h2-8H,18H2,1H3. The second-order valence-electron chi connectivity index (χ2n) is 4.03. The van der Waals surface area contributed by atoms with Crippen molar-refractivity contribution in [2.24, 2.45) is 0 Å². The van der Waals surface area contributed by atoms with Crippen LogP contribution in [0.2, 0.25) is 0 Å². The maximum absolute atomic E-state index is 12.8. The van der Waals surface area contributed by atoms with E-state index in [-0.39, 0.29) is 5.69 Å². The second-order valence-corrected chi connectivity index (χ2v) is 4.03. The summed E-state index contributed by atoms with van der Waals surface area (Å²) in [5.74, 6) is 0.586. The van der Waals surface area contributed by atoms with Crippen molar-refractivity contribution >= 4 is 5.69 Å². The van der Waals surface area contributed by atoms with Gasteiger partial charge in [-0.25, -0.2) is 0 Å². The molecule has 0 fully saturated rings. The van der Waals surface area contributed by atoms with Gasteiger partial charge in [0.2, 0.25) is 0 Å². The Morgan fingerprint density at radius 1 is 1.00 bits per heavy atom. The number of methoxy groups -OCH3 is 1. The second kappa shape index (κ2) is 4.84. The lowest BCUT2D eigenvalue weighted by Crippen LogP contribution is -2.08. The van der Waals surface area contributed by atoms with Crippen LogP contribution in [0.1, 0.15) is 5.56 Å². The van der Waals surface area contributed by atoms with Crippen LogP contribution in [0.25, 0.3) is 11.1 Å². The van der Waals surface area contributed by atoms with Crippen LogP contribution in [0.15, 0.2) is 42.5 Å². The summed E-state index contributed by atoms with van der Waals surface area (Å²) < 4.78 is 43.4. The minimum atomic E-state index is -4.46. The van der Waals surface area contributed by atoms with E-state index in [2.05, 4.69) is 0 Å². The number of hydrogen-bond acceptors (Lipinski definition) is 2. The number of hydrogen-bond donors (Lipinski definition) is 1. The van der Waals surface area contributed by atoms with E-state index in [0.29, 0.717) is 16.9 Å². The number of ether oxygens (including phenoxy) is 1. The summed E-state index contributed by atoms with van der Waals surface area (Å²) in [6.45, 7) is 0. The van der Waals surface area contributed by atoms with Crippen molar-refractivity contribution in [3.63, 3.8) is 0 Å². The molecule has 100 valence electrons. The Morgan fingerprint density at radius 2 is 1.68 bits per heavy atom. The van der Waals surface area contributed by atoms with Crippen molar-refractivity contribution in [3.05, 3.63) is 48.0 Å². The third-order valence-corrected chi connectivity index (χ3v) is 2.76. The van der Waals surface area contributed by atoms with E-state index in [1.54, 1.807) is 30.3 Å². The summed E-state index contributed by atoms with van der Waals surface area (Å²) in [6.07, 6.45) is -4.46. The number of benzene rings is 2. The molecule has 0 unspecified atom stereocenters. The first kappa shape index (κ1) is 13.3. The number of anilines is 1. The van der Waals surface area contributed by atoms with E-state index in [0.717, 1.165) is 6.07 Å². The molecule has 0 bridgehead atoms. The molecule has 2 aromatic carbocycles. The Kier molecular flexibility index (Phi) is 3.38. The van der Waals surface area contributed by atoms with Gasteiger partial charge < -0.3 is 10.5 Å². The van der Waals surface area contributed by atoms with Gasteiger partial charge >= 0.3 is 6.18 Å². The first-order chi connectivity index (χ1) is 8.91. The number of rotatable bonds is 2. The molecule has 19 heavy (non-hydrogen) atoms. The minimum Gasteiger partial charge on any atom is -0.497 e. The Hall–Kier alpha value is -2.17. The van der Waals surface area contributed by atoms with Crippen molar-refractivity contribution in [2.45, 2.75) is 6.18 Å². The van der Waals surface area contributed by atoms with Gasteiger partial charge in [0, 0.05) is 5.69 Å². The number of halogens is 3. The molecule has 0 saturated heterocycles. The summed E-state index contributed by atoms with van der Waals surface area (Å²) in [6, 6.07) is 10.7. The van der Waals surface area contributed by atoms with Crippen molar-refractivity contribution in [2.75, 3.05) is 12.8 Å². The van der Waals surface area contributed by atoms with E-state index < -0.39 is 11.7 Å². The lowest BCUT2D eigenvalue weighted by molar-refractivity contribution is -0.136. The Morgan fingerprint density at radius 3 is 2.32 bits per heavy atom. The molecule has 0 aliphatic rings. The molecule has 5 heteroatoms. The summed E-state index contributed by atoms with van der Waals surface area (Å²) in [4.78, 5) is 0. The van der Waals surface area contributed by atoms with Crippen LogP contribution >= 0.6 is 0 Å². The van der Waals surface area contributed by atoms with E-state index in [9.17, 15) is 13.2 Å². The van der Waals surface area contributed by atoms with Gasteiger partial charge in [-0.2, -0.15) is 13.2 Å². The number of alkyl halides is 3. The highest BCUT2D eigenvalue weighted by Crippen LogP contribution is 2.36. The highest BCUT2D eigenvalue weighted by atomic mass is 19.4. The maximum Gasteiger partial charge on any atom is 0.418 e. The first-order valence-electron chi connectivity index (χ1n) is 5.53. The molecule has 0 amide bonds. The molecule has 0 saturated carbocycles. The summed E-state index contributed by atoms with van der Waals surface area (Å²) in [7, 11) is 1.50. The predicted molar refractivity (Wildman–Crippen MR) is 67.8 cm³/mol. The van der Waals surface area contributed by atoms with Gasteiger partial charge in [0.1, 0.15) is 5.75 Å². The van der Waals surface area contributed by atoms with Crippen LogP contribution in [0, 0.1) is 0 Å². The maximum atomic E-state index is 12.8. The van der Waals surface area contributed by atoms with E-state index in [1.165, 1.54) is 13.2 Å². The van der Waals surface area contributed by atoms with Crippen molar-refractivity contribution in [3.8, 4) is 16.9 Å². The lowest BCUT2D eigenvalue weighted by atomic mass is 10.0. The zero-order valence-electron chi connectivity index (χ0n) is 10.2. The third kappa shape index (κ3) is 2.81. The Balaban J connectivity index is 2.51. The van der Waals surface area contributed by atoms with Crippen LogP contribution < -0.4 is 10.5 Å². The molecule has 0 spiro atoms. The SMILES string of the molecule is COc1cccc(-c2ccc(N)c(C(F)(F)F)c2)c1. The molecule has 0 heterocycles. The molecule has 0 aliphatic heterocycles. The van der Waals surface area contributed by atoms with E-state index >= 15 is 0 Å². The summed E-state index contributed by atoms with van der Waals surface area (Å²) >= 11 is 0. The summed E-state index contributed by atoms with van der Waals surface area (Å²) in [5, 5.41) is 0. The minimum absolute atomic E-state index is 0.279. The first-order valence-corrected chi connectivity index (χ1v) is 5.53. The highest BCUT2D eigenvalue weighted by molar-refractivity contribution is 5.69. The van der Waals surface area contributed by atoms with Gasteiger partial charge in [-0.1, -0.05) is 18.2 Å². The Labute approximate surface area is 108 Å². The van der Waals surface area contributed by atoms with Crippen LogP contribution in [0.5, 0.6) is 5.75 Å². The molecule has 2 N–H and O–H groups in total. The lowest BCUT2D eigenvalue weighted by Gasteiger charge is -2.12. The molecule has 0 radical (unpaired) electrons. The molecule has 0 atom stereocenters. The average molecular weight is 267 g/mol. The van der Waals surface area contributed by atoms with Crippen LogP contribution in [0.3, 0.4) is 0 Å². The molecular weight excluding hydrogens is 255 g/mol. The largest absolute Gasteiger partial charge is 0.497 e. The molecule has 2 aromatic rings. The van der Waals surface area contributed by atoms with Crippen molar-refractivity contribution in [1.82, 2.24) is 0 Å². The smallest absolute Gasteiger partial charge is 0.418 e. The van der Waals surface area contributed by atoms with Crippen LogP contribution in [-0.2, 0) is 6.18 Å². The van der Waals surface area contributed by atoms with Gasteiger partial charge in [-0.15, -0.1) is 0 Å². The van der Waals surface area contributed by atoms with Gasteiger partial charge in [0.15, 0.2) is 0 Å². The Bertz CT molecular complexity index is 593. The predicted octanol–water partition coefficient (Wildman–Crippen LogP) is 3.96. The zero-order chi connectivity index (χ0) is 14.0. The molecule has 2 rings (SSSR count). The molecule has 0 aromatic heterocycles. The third-order valence-electron chi connectivity index (χ3n) is 2.76. The monoisotopic (exact) mass is 267 g/mol. The van der Waals surface area contributed by atoms with Crippen molar-refractivity contribution < 1.29 is 17.9 Å². The van der Waals surface area contributed by atoms with Crippen molar-refractivity contribution in [1.29, 1.82) is 0 Å². The normalized spacial score (nSPS) is 11.4. The van der Waals surface area contributed by atoms with Crippen LogP contribution in [0.4, 0.5) is 18.9 Å². The fourth-order valence-electron chi connectivity index (χ4n) is 1.78. The number of nitrogen functional groups attached to an aromatic ring is 1. The molecule has 0 aliphatic carbocycles. The fourth-order valence-corrected chi connectivity index (χ4v) is 1.78. The van der Waals surface area contributed by atoms with Gasteiger partial charge in [0.25, 0.3) is 0 Å². The molecular formula is C14H12F3NO. The molecule has 2 nitrogen and oxygen atoms in total. The quantitative estimate of drug-likeness (QED) is 0.836. The zero-order valence-corrected chi connectivity index (χ0v) is 10.2. The highest BCUT2D eigenvalue weighted by Gasteiger charge is 2.33. The van der Waals surface area contributed by atoms with Crippen LogP contribution in [-0.4, -0.2) is 7.11 Å². The van der Waals surface area contributed by atoms with Gasteiger partial charge in [-0.05, 0) is 35.4 Å². The van der Waals surface area contributed by atoms with Gasteiger partial charge in [-0.3, -0.25) is 0 Å². The van der Waals surface area contributed by atoms with E-state index in [1.807, 2.05) is 0 Å².